The average molecular weight is 306 g/mol. The molecule has 1 saturated carbocycles. The summed E-state index contributed by atoms with van der Waals surface area (Å²) in [7, 11) is 0. The molecule has 2 aromatic rings. The fraction of sp³-hybridized carbons (Fsp3) is 0.350. The molecular formula is C20H22N2O. The summed E-state index contributed by atoms with van der Waals surface area (Å²) in [5, 5.41) is 0. The lowest BCUT2D eigenvalue weighted by atomic mass is 10.0. The summed E-state index contributed by atoms with van der Waals surface area (Å²) in [6.45, 7) is 0. The highest BCUT2D eigenvalue weighted by molar-refractivity contribution is 5.80. The topological polar surface area (TPSA) is 46.3 Å². The molecule has 3 heteroatoms. The molecule has 1 unspecified atom stereocenters. The van der Waals surface area contributed by atoms with Crippen molar-refractivity contribution in [1.29, 1.82) is 0 Å². The van der Waals surface area contributed by atoms with Gasteiger partial charge in [-0.1, -0.05) is 36.4 Å². The van der Waals surface area contributed by atoms with Gasteiger partial charge in [0.1, 0.15) is 0 Å². The van der Waals surface area contributed by atoms with E-state index < -0.39 is 0 Å². The molecule has 2 aliphatic carbocycles. The molecule has 0 bridgehead atoms. The number of aryl methyl sites for hydroxylation is 1. The van der Waals surface area contributed by atoms with Crippen LogP contribution in [0.2, 0.25) is 0 Å². The maximum atomic E-state index is 13.0. The highest BCUT2D eigenvalue weighted by Gasteiger charge is 2.39. The number of nitrogens with two attached hydrogens (primary N) is 1. The van der Waals surface area contributed by atoms with Gasteiger partial charge >= 0.3 is 0 Å². The minimum atomic E-state index is 0.249. The van der Waals surface area contributed by atoms with Crippen LogP contribution in [-0.2, 0) is 17.6 Å². The Morgan fingerprint density at radius 2 is 1.78 bits per heavy atom. The normalized spacial score (nSPS) is 19.4. The second-order valence-corrected chi connectivity index (χ2v) is 6.70. The van der Waals surface area contributed by atoms with Gasteiger partial charge in [-0.2, -0.15) is 0 Å². The standard InChI is InChI=1S/C20H22N2O/c21-16-8-5-14(6-9-16)13-20(23)22(17-10-11-17)19-12-7-15-3-1-2-4-18(15)19/h1-6,8-9,17,19H,7,10-13,21H2. The van der Waals surface area contributed by atoms with Crippen LogP contribution in [0.1, 0.15) is 42.0 Å². The van der Waals surface area contributed by atoms with Gasteiger partial charge < -0.3 is 10.6 Å². The number of fused-ring (bicyclic) bond motifs is 1. The summed E-state index contributed by atoms with van der Waals surface area (Å²) in [4.78, 5) is 15.1. The molecule has 0 spiro atoms. The molecule has 2 aliphatic rings. The van der Waals surface area contributed by atoms with Gasteiger partial charge in [0, 0.05) is 11.7 Å². The number of rotatable bonds is 4. The van der Waals surface area contributed by atoms with Gasteiger partial charge in [-0.25, -0.2) is 0 Å². The number of amides is 1. The third kappa shape index (κ3) is 2.83. The lowest BCUT2D eigenvalue weighted by Gasteiger charge is -2.30. The number of hydrogen-bond donors (Lipinski definition) is 1. The van der Waals surface area contributed by atoms with E-state index in [-0.39, 0.29) is 11.9 Å². The Hall–Kier alpha value is -2.29. The maximum Gasteiger partial charge on any atom is 0.227 e. The maximum absolute atomic E-state index is 13.0. The fourth-order valence-electron chi connectivity index (χ4n) is 3.71. The van der Waals surface area contributed by atoms with Crippen molar-refractivity contribution < 1.29 is 4.79 Å². The van der Waals surface area contributed by atoms with Gasteiger partial charge in [0.2, 0.25) is 5.91 Å². The largest absolute Gasteiger partial charge is 0.399 e. The second-order valence-electron chi connectivity index (χ2n) is 6.70. The first-order valence-electron chi connectivity index (χ1n) is 8.46. The summed E-state index contributed by atoms with van der Waals surface area (Å²) in [5.41, 5.74) is 10.3. The molecule has 2 N–H and O–H groups in total. The van der Waals surface area contributed by atoms with E-state index in [1.165, 1.54) is 11.1 Å². The molecule has 23 heavy (non-hydrogen) atoms. The highest BCUT2D eigenvalue weighted by atomic mass is 16.2. The van der Waals surface area contributed by atoms with E-state index >= 15 is 0 Å². The molecule has 0 aromatic heterocycles. The summed E-state index contributed by atoms with van der Waals surface area (Å²) < 4.78 is 0. The lowest BCUT2D eigenvalue weighted by Crippen LogP contribution is -2.37. The van der Waals surface area contributed by atoms with Crippen LogP contribution < -0.4 is 5.73 Å². The van der Waals surface area contributed by atoms with E-state index in [0.717, 1.165) is 36.9 Å². The number of benzene rings is 2. The van der Waals surface area contributed by atoms with Gasteiger partial charge in [-0.05, 0) is 54.5 Å². The Kier molecular flexibility index (Phi) is 3.56. The van der Waals surface area contributed by atoms with Gasteiger partial charge in [-0.15, -0.1) is 0 Å². The van der Waals surface area contributed by atoms with Crippen LogP contribution in [0.25, 0.3) is 0 Å². The second kappa shape index (κ2) is 5.73. The average Bonchev–Trinajstić information content (AvgIpc) is 3.30. The van der Waals surface area contributed by atoms with Crippen LogP contribution in [0.3, 0.4) is 0 Å². The summed E-state index contributed by atoms with van der Waals surface area (Å²) in [6.07, 6.45) is 4.90. The smallest absolute Gasteiger partial charge is 0.227 e. The van der Waals surface area contributed by atoms with E-state index in [0.29, 0.717) is 12.5 Å². The first-order valence-corrected chi connectivity index (χ1v) is 8.46. The van der Waals surface area contributed by atoms with E-state index in [4.69, 9.17) is 5.73 Å². The molecule has 1 fully saturated rings. The number of anilines is 1. The first-order chi connectivity index (χ1) is 11.2. The van der Waals surface area contributed by atoms with Crippen molar-refractivity contribution in [1.82, 2.24) is 4.90 Å². The van der Waals surface area contributed by atoms with Crippen molar-refractivity contribution in [3.8, 4) is 0 Å². The SMILES string of the molecule is Nc1ccc(CC(=O)N(C2CC2)C2CCc3ccccc32)cc1. The van der Waals surface area contributed by atoms with Gasteiger partial charge in [-0.3, -0.25) is 4.79 Å². The van der Waals surface area contributed by atoms with Gasteiger partial charge in [0.05, 0.1) is 12.5 Å². The summed E-state index contributed by atoms with van der Waals surface area (Å²) in [6, 6.07) is 16.9. The van der Waals surface area contributed by atoms with Crippen LogP contribution in [0.4, 0.5) is 5.69 Å². The molecule has 0 aliphatic heterocycles. The Labute approximate surface area is 137 Å². The molecule has 1 amide bonds. The zero-order valence-electron chi connectivity index (χ0n) is 13.2. The molecule has 0 heterocycles. The van der Waals surface area contributed by atoms with Crippen molar-refractivity contribution in [2.75, 3.05) is 5.73 Å². The van der Waals surface area contributed by atoms with Crippen molar-refractivity contribution in [2.45, 2.75) is 44.2 Å². The van der Waals surface area contributed by atoms with Crippen LogP contribution in [0.15, 0.2) is 48.5 Å². The summed E-state index contributed by atoms with van der Waals surface area (Å²) >= 11 is 0. The van der Waals surface area contributed by atoms with Gasteiger partial charge in [0.15, 0.2) is 0 Å². The molecule has 2 aromatic carbocycles. The molecule has 0 saturated heterocycles. The minimum absolute atomic E-state index is 0.249. The number of carbonyl (C=O) groups excluding carboxylic acids is 1. The Bertz CT molecular complexity index is 719. The third-order valence-corrected chi connectivity index (χ3v) is 5.00. The van der Waals surface area contributed by atoms with E-state index in [9.17, 15) is 4.79 Å². The van der Waals surface area contributed by atoms with Crippen LogP contribution >= 0.6 is 0 Å². The zero-order valence-corrected chi connectivity index (χ0v) is 13.2. The molecule has 3 nitrogen and oxygen atoms in total. The van der Waals surface area contributed by atoms with Crippen molar-refractivity contribution in [3.63, 3.8) is 0 Å². The van der Waals surface area contributed by atoms with Crippen molar-refractivity contribution >= 4 is 11.6 Å². The predicted molar refractivity (Wildman–Crippen MR) is 91.9 cm³/mol. The number of nitrogen functional groups attached to an aromatic ring is 1. The Morgan fingerprint density at radius 1 is 1.04 bits per heavy atom. The Balaban J connectivity index is 1.57. The third-order valence-electron chi connectivity index (χ3n) is 5.00. The fourth-order valence-corrected chi connectivity index (χ4v) is 3.71. The predicted octanol–water partition coefficient (Wildman–Crippen LogP) is 3.49. The van der Waals surface area contributed by atoms with Crippen molar-refractivity contribution in [3.05, 3.63) is 65.2 Å². The van der Waals surface area contributed by atoms with Crippen molar-refractivity contribution in [2.24, 2.45) is 0 Å². The van der Waals surface area contributed by atoms with E-state index in [1.54, 1.807) is 0 Å². The number of carbonyl (C=O) groups is 1. The van der Waals surface area contributed by atoms with E-state index in [1.807, 2.05) is 24.3 Å². The quantitative estimate of drug-likeness (QED) is 0.879. The van der Waals surface area contributed by atoms with Gasteiger partial charge in [0.25, 0.3) is 0 Å². The van der Waals surface area contributed by atoms with Crippen LogP contribution in [0.5, 0.6) is 0 Å². The molecule has 118 valence electrons. The lowest BCUT2D eigenvalue weighted by molar-refractivity contribution is -0.133. The molecular weight excluding hydrogens is 284 g/mol. The Morgan fingerprint density at radius 3 is 2.52 bits per heavy atom. The van der Waals surface area contributed by atoms with Crippen LogP contribution in [-0.4, -0.2) is 16.8 Å². The minimum Gasteiger partial charge on any atom is -0.399 e. The number of nitrogens with zero attached hydrogens (tertiary/aromatic N) is 1. The summed E-state index contributed by atoms with van der Waals surface area (Å²) in [5.74, 6) is 0.249. The molecule has 4 rings (SSSR count). The highest BCUT2D eigenvalue weighted by Crippen LogP contribution is 2.42. The zero-order chi connectivity index (χ0) is 15.8. The molecule has 0 radical (unpaired) electrons. The van der Waals surface area contributed by atoms with Crippen LogP contribution in [0, 0.1) is 0 Å². The number of hydrogen-bond acceptors (Lipinski definition) is 2. The first kappa shape index (κ1) is 14.3. The molecule has 1 atom stereocenters. The van der Waals surface area contributed by atoms with E-state index in [2.05, 4.69) is 29.2 Å². The monoisotopic (exact) mass is 306 g/mol.